The number of nitrogens with zero attached hydrogens (tertiary/aromatic N) is 1. The topological polar surface area (TPSA) is 73.5 Å². The van der Waals surface area contributed by atoms with Crippen LogP contribution in [0.3, 0.4) is 0 Å². The highest BCUT2D eigenvalue weighted by Gasteiger charge is 2.26. The van der Waals surface area contributed by atoms with Crippen LogP contribution in [0.15, 0.2) is 24.3 Å². The molecule has 1 aromatic rings. The number of piperidine rings is 1. The number of benzene rings is 1. The maximum atomic E-state index is 12.8. The maximum absolute atomic E-state index is 12.8. The maximum Gasteiger partial charge on any atom is 0.246 e. The van der Waals surface area contributed by atoms with E-state index >= 15 is 0 Å². The summed E-state index contributed by atoms with van der Waals surface area (Å²) < 4.78 is 0. The van der Waals surface area contributed by atoms with Gasteiger partial charge in [-0.25, -0.2) is 0 Å². The Balaban J connectivity index is 1.60. The molecule has 3 rings (SSSR count). The van der Waals surface area contributed by atoms with Crippen LogP contribution >= 0.6 is 0 Å². The predicted molar refractivity (Wildman–Crippen MR) is 109 cm³/mol. The Morgan fingerprint density at radius 3 is 2.67 bits per heavy atom. The third-order valence-electron chi connectivity index (χ3n) is 5.51. The van der Waals surface area contributed by atoms with Gasteiger partial charge >= 0.3 is 0 Å². The van der Waals surface area contributed by atoms with Gasteiger partial charge in [0.05, 0.1) is 0 Å². The average Bonchev–Trinajstić information content (AvgIpc) is 3.23. The number of hydrogen-bond donors (Lipinski definition) is 3. The summed E-state index contributed by atoms with van der Waals surface area (Å²) in [7, 11) is 0. The lowest BCUT2D eigenvalue weighted by Crippen LogP contribution is -2.47. The summed E-state index contributed by atoms with van der Waals surface area (Å²) in [5.74, 6) is -0.106. The lowest BCUT2D eigenvalue weighted by atomic mass is 9.96. The van der Waals surface area contributed by atoms with Crippen LogP contribution in [0, 0.1) is 5.92 Å². The normalized spacial score (nSPS) is 18.9. The van der Waals surface area contributed by atoms with Crippen molar-refractivity contribution in [2.45, 2.75) is 51.5 Å². The summed E-state index contributed by atoms with van der Waals surface area (Å²) in [4.78, 5) is 27.7. The molecule has 1 aromatic carbocycles. The van der Waals surface area contributed by atoms with Crippen LogP contribution in [0.5, 0.6) is 0 Å². The molecule has 6 heteroatoms. The summed E-state index contributed by atoms with van der Waals surface area (Å²) in [6.07, 6.45) is 5.61. The fraction of sp³-hybridized carbons (Fsp3) is 0.619. The van der Waals surface area contributed by atoms with Crippen molar-refractivity contribution in [2.24, 2.45) is 5.92 Å². The van der Waals surface area contributed by atoms with Crippen molar-refractivity contribution in [3.05, 3.63) is 24.3 Å². The molecule has 2 fully saturated rings. The van der Waals surface area contributed by atoms with E-state index in [0.717, 1.165) is 56.8 Å². The van der Waals surface area contributed by atoms with Gasteiger partial charge in [-0.15, -0.1) is 0 Å². The van der Waals surface area contributed by atoms with E-state index in [1.54, 1.807) is 0 Å². The number of nitrogens with one attached hydrogen (secondary N) is 3. The van der Waals surface area contributed by atoms with E-state index in [1.165, 1.54) is 12.8 Å². The van der Waals surface area contributed by atoms with E-state index in [-0.39, 0.29) is 17.7 Å². The third kappa shape index (κ3) is 5.45. The zero-order chi connectivity index (χ0) is 19.1. The molecule has 0 spiro atoms. The second kappa shape index (κ2) is 9.74. The van der Waals surface area contributed by atoms with Crippen molar-refractivity contribution in [2.75, 3.05) is 36.4 Å². The molecule has 2 aliphatic rings. The minimum atomic E-state index is -0.479. The van der Waals surface area contributed by atoms with Crippen LogP contribution in [-0.2, 0) is 9.59 Å². The zero-order valence-electron chi connectivity index (χ0n) is 16.3. The van der Waals surface area contributed by atoms with Crippen molar-refractivity contribution in [1.82, 2.24) is 10.6 Å². The van der Waals surface area contributed by atoms with Gasteiger partial charge in [-0.2, -0.15) is 0 Å². The molecule has 6 nitrogen and oxygen atoms in total. The van der Waals surface area contributed by atoms with Crippen molar-refractivity contribution < 1.29 is 9.59 Å². The number of amides is 2. The number of rotatable bonds is 7. The minimum absolute atomic E-state index is 0.0101. The van der Waals surface area contributed by atoms with Crippen LogP contribution in [0.2, 0.25) is 0 Å². The molecule has 0 bridgehead atoms. The van der Waals surface area contributed by atoms with Crippen molar-refractivity contribution in [3.8, 4) is 0 Å². The second-order valence-electron chi connectivity index (χ2n) is 7.61. The van der Waals surface area contributed by atoms with Gasteiger partial charge in [0.2, 0.25) is 11.8 Å². The molecule has 0 radical (unpaired) electrons. The van der Waals surface area contributed by atoms with Gasteiger partial charge in [-0.05, 0) is 63.4 Å². The molecule has 3 N–H and O–H groups in total. The van der Waals surface area contributed by atoms with Gasteiger partial charge in [0, 0.05) is 30.4 Å². The van der Waals surface area contributed by atoms with Gasteiger partial charge in [0.15, 0.2) is 0 Å². The van der Waals surface area contributed by atoms with Crippen LogP contribution in [-0.4, -0.2) is 44.0 Å². The summed E-state index contributed by atoms with van der Waals surface area (Å²) in [6, 6.07) is 7.53. The Kier molecular flexibility index (Phi) is 7.10. The van der Waals surface area contributed by atoms with Gasteiger partial charge in [0.25, 0.3) is 0 Å². The molecule has 0 saturated carbocycles. The minimum Gasteiger partial charge on any atom is -0.371 e. The number of anilines is 2. The molecule has 2 saturated heterocycles. The highest BCUT2D eigenvalue weighted by molar-refractivity contribution is 5.97. The number of hydrogen-bond acceptors (Lipinski definition) is 4. The Morgan fingerprint density at radius 2 is 1.96 bits per heavy atom. The monoisotopic (exact) mass is 372 g/mol. The van der Waals surface area contributed by atoms with E-state index in [0.29, 0.717) is 6.42 Å². The fourth-order valence-corrected chi connectivity index (χ4v) is 3.92. The van der Waals surface area contributed by atoms with Gasteiger partial charge in [-0.1, -0.05) is 19.4 Å². The largest absolute Gasteiger partial charge is 0.371 e. The van der Waals surface area contributed by atoms with Crippen LogP contribution in [0.4, 0.5) is 11.4 Å². The molecule has 2 aliphatic heterocycles. The van der Waals surface area contributed by atoms with Crippen LogP contribution in [0.1, 0.15) is 45.4 Å². The third-order valence-corrected chi connectivity index (χ3v) is 5.51. The number of carbonyl (C=O) groups excluding carboxylic acids is 2. The SMILES string of the molecule is CCCC(NC(=O)C1CCNCC1)C(=O)Nc1cccc(N2CCCC2)c1. The Morgan fingerprint density at radius 1 is 1.22 bits per heavy atom. The van der Waals surface area contributed by atoms with Crippen molar-refractivity contribution >= 4 is 23.2 Å². The molecular formula is C21H32N4O2. The molecule has 0 aliphatic carbocycles. The summed E-state index contributed by atoms with van der Waals surface area (Å²) >= 11 is 0. The Bertz CT molecular complexity index is 637. The van der Waals surface area contributed by atoms with E-state index in [9.17, 15) is 9.59 Å². The van der Waals surface area contributed by atoms with Gasteiger partial charge in [-0.3, -0.25) is 9.59 Å². The summed E-state index contributed by atoms with van der Waals surface area (Å²) in [5, 5.41) is 9.26. The number of carbonyl (C=O) groups is 2. The first kappa shape index (κ1) is 19.7. The fourth-order valence-electron chi connectivity index (χ4n) is 3.92. The van der Waals surface area contributed by atoms with E-state index in [2.05, 4.69) is 26.9 Å². The Labute approximate surface area is 162 Å². The standard InChI is InChI=1S/C21H32N4O2/c1-2-6-19(24-20(26)16-9-11-22-12-10-16)21(27)23-17-7-5-8-18(15-17)25-13-3-4-14-25/h5,7-8,15-16,19,22H,2-4,6,9-14H2,1H3,(H,23,27)(H,24,26). The lowest BCUT2D eigenvalue weighted by Gasteiger charge is -2.25. The molecular weight excluding hydrogens is 340 g/mol. The highest BCUT2D eigenvalue weighted by atomic mass is 16.2. The zero-order valence-corrected chi connectivity index (χ0v) is 16.3. The average molecular weight is 373 g/mol. The quantitative estimate of drug-likeness (QED) is 0.688. The molecule has 2 heterocycles. The van der Waals surface area contributed by atoms with Crippen LogP contribution < -0.4 is 20.9 Å². The molecule has 2 amide bonds. The predicted octanol–water partition coefficient (Wildman–Crippen LogP) is 2.51. The van der Waals surface area contributed by atoms with Gasteiger partial charge < -0.3 is 20.9 Å². The second-order valence-corrected chi connectivity index (χ2v) is 7.61. The Hall–Kier alpha value is -2.08. The first-order valence-electron chi connectivity index (χ1n) is 10.3. The summed E-state index contributed by atoms with van der Waals surface area (Å²) in [5.41, 5.74) is 1.94. The molecule has 1 unspecified atom stereocenters. The smallest absolute Gasteiger partial charge is 0.246 e. The van der Waals surface area contributed by atoms with E-state index in [4.69, 9.17) is 0 Å². The van der Waals surface area contributed by atoms with Crippen molar-refractivity contribution in [1.29, 1.82) is 0 Å². The lowest BCUT2D eigenvalue weighted by molar-refractivity contribution is -0.130. The molecule has 148 valence electrons. The molecule has 27 heavy (non-hydrogen) atoms. The van der Waals surface area contributed by atoms with E-state index in [1.807, 2.05) is 25.1 Å². The van der Waals surface area contributed by atoms with Gasteiger partial charge in [0.1, 0.15) is 6.04 Å². The van der Waals surface area contributed by atoms with E-state index < -0.39 is 6.04 Å². The van der Waals surface area contributed by atoms with Crippen molar-refractivity contribution in [3.63, 3.8) is 0 Å². The molecule has 0 aromatic heterocycles. The van der Waals surface area contributed by atoms with Crippen LogP contribution in [0.25, 0.3) is 0 Å². The summed E-state index contributed by atoms with van der Waals surface area (Å²) in [6.45, 7) is 5.91. The first-order valence-corrected chi connectivity index (χ1v) is 10.3. The first-order chi connectivity index (χ1) is 13.2. The highest BCUT2D eigenvalue weighted by Crippen LogP contribution is 2.23. The molecule has 1 atom stereocenters.